The predicted molar refractivity (Wildman–Crippen MR) is 69.4 cm³/mol. The Morgan fingerprint density at radius 3 is 2.72 bits per heavy atom. The fraction of sp³-hybridized carbons (Fsp3) is 0.500. The van der Waals surface area contributed by atoms with E-state index in [-0.39, 0.29) is 5.69 Å². The average Bonchev–Trinajstić information content (AvgIpc) is 2.28. The maximum Gasteiger partial charge on any atom is 0.273 e. The van der Waals surface area contributed by atoms with Gasteiger partial charge in [0, 0.05) is 31.3 Å². The predicted octanol–water partition coefficient (Wildman–Crippen LogP) is 0.607. The summed E-state index contributed by atoms with van der Waals surface area (Å²) in [6.45, 7) is 1.34. The monoisotopic (exact) mass is 253 g/mol. The highest BCUT2D eigenvalue weighted by molar-refractivity contribution is 5.39. The second-order valence-corrected chi connectivity index (χ2v) is 4.43. The van der Waals surface area contributed by atoms with Gasteiger partial charge in [0.05, 0.1) is 11.0 Å². The molecule has 1 rings (SSSR count). The van der Waals surface area contributed by atoms with Crippen LogP contribution in [0.3, 0.4) is 0 Å². The quantitative estimate of drug-likeness (QED) is 0.550. The first-order valence-corrected chi connectivity index (χ1v) is 5.76. The molecule has 1 unspecified atom stereocenters. The molecule has 1 atom stereocenters. The molecule has 6 heteroatoms. The molecule has 0 aliphatic heterocycles. The third-order valence-corrected chi connectivity index (χ3v) is 2.46. The van der Waals surface area contributed by atoms with Gasteiger partial charge in [0.1, 0.15) is 0 Å². The van der Waals surface area contributed by atoms with E-state index in [0.717, 1.165) is 0 Å². The van der Waals surface area contributed by atoms with E-state index >= 15 is 0 Å². The Morgan fingerprint density at radius 1 is 1.44 bits per heavy atom. The molecule has 6 nitrogen and oxygen atoms in total. The van der Waals surface area contributed by atoms with Crippen LogP contribution in [0.4, 0.5) is 5.69 Å². The maximum absolute atomic E-state index is 10.8. The molecule has 2 N–H and O–H groups in total. The van der Waals surface area contributed by atoms with Crippen LogP contribution in [0.15, 0.2) is 24.3 Å². The first kappa shape index (κ1) is 14.6. The zero-order valence-corrected chi connectivity index (χ0v) is 10.7. The van der Waals surface area contributed by atoms with Crippen LogP contribution in [-0.4, -0.2) is 48.2 Å². The van der Waals surface area contributed by atoms with E-state index in [2.05, 4.69) is 5.32 Å². The van der Waals surface area contributed by atoms with Crippen molar-refractivity contribution in [2.75, 3.05) is 27.2 Å². The minimum atomic E-state index is -0.484. The molecule has 0 amide bonds. The number of rotatable bonds is 7. The Labute approximate surface area is 106 Å². The minimum absolute atomic E-state index is 0.104. The molecule has 100 valence electrons. The third kappa shape index (κ3) is 4.79. The summed E-state index contributed by atoms with van der Waals surface area (Å²) in [6.07, 6.45) is -0.484. The van der Waals surface area contributed by atoms with Crippen LogP contribution in [0.2, 0.25) is 0 Å². The van der Waals surface area contributed by atoms with Gasteiger partial charge in [-0.3, -0.25) is 10.1 Å². The van der Waals surface area contributed by atoms with Crippen molar-refractivity contribution in [3.63, 3.8) is 0 Å². The summed E-state index contributed by atoms with van der Waals surface area (Å²) < 4.78 is 0. The maximum atomic E-state index is 10.8. The highest BCUT2D eigenvalue weighted by atomic mass is 16.6. The number of aliphatic hydroxyl groups is 1. The van der Waals surface area contributed by atoms with E-state index in [1.165, 1.54) is 6.07 Å². The largest absolute Gasteiger partial charge is 0.390 e. The molecule has 0 spiro atoms. The molecule has 0 saturated carbocycles. The van der Waals surface area contributed by atoms with Gasteiger partial charge in [0.2, 0.25) is 0 Å². The summed E-state index contributed by atoms with van der Waals surface area (Å²) in [5, 5.41) is 23.4. The van der Waals surface area contributed by atoms with E-state index < -0.39 is 11.0 Å². The summed E-state index contributed by atoms with van der Waals surface area (Å²) >= 11 is 0. The first-order valence-electron chi connectivity index (χ1n) is 5.76. The number of aliphatic hydroxyl groups excluding tert-OH is 1. The SMILES string of the molecule is CN(C)CC(O)CNCc1ccccc1[N+](=O)[O-]. The lowest BCUT2D eigenvalue weighted by molar-refractivity contribution is -0.385. The Bertz CT molecular complexity index is 396. The van der Waals surface area contributed by atoms with Gasteiger partial charge < -0.3 is 15.3 Å². The molecular formula is C12H19N3O3. The van der Waals surface area contributed by atoms with Crippen LogP contribution in [0.1, 0.15) is 5.56 Å². The van der Waals surface area contributed by atoms with Crippen molar-refractivity contribution in [2.24, 2.45) is 0 Å². The lowest BCUT2D eigenvalue weighted by atomic mass is 10.2. The summed E-state index contributed by atoms with van der Waals surface area (Å²) in [4.78, 5) is 12.3. The number of hydrogen-bond donors (Lipinski definition) is 2. The van der Waals surface area contributed by atoms with Crippen molar-refractivity contribution in [3.8, 4) is 0 Å². The Balaban J connectivity index is 2.46. The Morgan fingerprint density at radius 2 is 2.11 bits per heavy atom. The van der Waals surface area contributed by atoms with Gasteiger partial charge >= 0.3 is 0 Å². The number of nitro groups is 1. The summed E-state index contributed by atoms with van der Waals surface area (Å²) in [5.41, 5.74) is 0.728. The van der Waals surface area contributed by atoms with E-state index in [9.17, 15) is 15.2 Å². The topological polar surface area (TPSA) is 78.6 Å². The van der Waals surface area contributed by atoms with Crippen LogP contribution >= 0.6 is 0 Å². The zero-order valence-electron chi connectivity index (χ0n) is 10.7. The van der Waals surface area contributed by atoms with E-state index in [0.29, 0.717) is 25.2 Å². The van der Waals surface area contributed by atoms with Gasteiger partial charge in [-0.1, -0.05) is 18.2 Å². The summed E-state index contributed by atoms with van der Waals surface area (Å²) in [7, 11) is 3.76. The second-order valence-electron chi connectivity index (χ2n) is 4.43. The van der Waals surface area contributed by atoms with E-state index in [4.69, 9.17) is 0 Å². The number of nitro benzene ring substituents is 1. The van der Waals surface area contributed by atoms with Crippen LogP contribution in [-0.2, 0) is 6.54 Å². The fourth-order valence-corrected chi connectivity index (χ4v) is 1.70. The Hall–Kier alpha value is -1.50. The molecule has 0 bridgehead atoms. The Kier molecular flexibility index (Phi) is 5.70. The average molecular weight is 253 g/mol. The van der Waals surface area contributed by atoms with Gasteiger partial charge in [0.15, 0.2) is 0 Å². The van der Waals surface area contributed by atoms with Crippen LogP contribution < -0.4 is 5.32 Å². The summed E-state index contributed by atoms with van der Waals surface area (Å²) in [6, 6.07) is 6.60. The summed E-state index contributed by atoms with van der Waals surface area (Å²) in [5.74, 6) is 0. The molecule has 0 aliphatic rings. The molecule has 1 aromatic carbocycles. The van der Waals surface area contributed by atoms with E-state index in [1.54, 1.807) is 18.2 Å². The van der Waals surface area contributed by atoms with E-state index in [1.807, 2.05) is 19.0 Å². The van der Waals surface area contributed by atoms with Gasteiger partial charge in [0.25, 0.3) is 5.69 Å². The lowest BCUT2D eigenvalue weighted by Crippen LogP contribution is -2.34. The lowest BCUT2D eigenvalue weighted by Gasteiger charge is -2.16. The molecule has 0 saturated heterocycles. The van der Waals surface area contributed by atoms with Crippen LogP contribution in [0, 0.1) is 10.1 Å². The molecule has 1 aromatic rings. The van der Waals surface area contributed by atoms with Crippen molar-refractivity contribution in [3.05, 3.63) is 39.9 Å². The molecule has 0 radical (unpaired) electrons. The normalized spacial score (nSPS) is 12.7. The number of para-hydroxylation sites is 1. The number of nitrogens with zero attached hydrogens (tertiary/aromatic N) is 2. The van der Waals surface area contributed by atoms with Gasteiger partial charge in [-0.15, -0.1) is 0 Å². The molecule has 0 heterocycles. The van der Waals surface area contributed by atoms with Crippen molar-refractivity contribution >= 4 is 5.69 Å². The highest BCUT2D eigenvalue weighted by Gasteiger charge is 2.12. The molecule has 18 heavy (non-hydrogen) atoms. The standard InChI is InChI=1S/C12H19N3O3/c1-14(2)9-11(16)8-13-7-10-5-3-4-6-12(10)15(17)18/h3-6,11,13,16H,7-9H2,1-2H3. The number of benzene rings is 1. The van der Waals surface area contributed by atoms with Gasteiger partial charge in [-0.05, 0) is 14.1 Å². The first-order chi connectivity index (χ1) is 8.50. The van der Waals surface area contributed by atoms with Gasteiger partial charge in [-0.2, -0.15) is 0 Å². The van der Waals surface area contributed by atoms with Crippen LogP contribution in [0.25, 0.3) is 0 Å². The number of likely N-dealkylation sites (N-methyl/N-ethyl adjacent to an activating group) is 1. The number of nitrogens with one attached hydrogen (secondary N) is 1. The van der Waals surface area contributed by atoms with Crippen molar-refractivity contribution in [1.82, 2.24) is 10.2 Å². The van der Waals surface area contributed by atoms with Crippen molar-refractivity contribution < 1.29 is 10.0 Å². The van der Waals surface area contributed by atoms with Crippen molar-refractivity contribution in [1.29, 1.82) is 0 Å². The number of hydrogen-bond acceptors (Lipinski definition) is 5. The zero-order chi connectivity index (χ0) is 13.5. The molecular weight excluding hydrogens is 234 g/mol. The molecule has 0 aliphatic carbocycles. The third-order valence-electron chi connectivity index (χ3n) is 2.46. The van der Waals surface area contributed by atoms with Crippen LogP contribution in [0.5, 0.6) is 0 Å². The van der Waals surface area contributed by atoms with Crippen molar-refractivity contribution in [2.45, 2.75) is 12.6 Å². The second kappa shape index (κ2) is 7.05. The molecule has 0 fully saturated rings. The minimum Gasteiger partial charge on any atom is -0.390 e. The van der Waals surface area contributed by atoms with Gasteiger partial charge in [-0.25, -0.2) is 0 Å². The fourth-order valence-electron chi connectivity index (χ4n) is 1.70. The smallest absolute Gasteiger partial charge is 0.273 e. The highest BCUT2D eigenvalue weighted by Crippen LogP contribution is 2.16. The molecule has 0 aromatic heterocycles.